The van der Waals surface area contributed by atoms with Gasteiger partial charge in [0.05, 0.1) is 18.2 Å². The van der Waals surface area contributed by atoms with Crippen molar-refractivity contribution < 1.29 is 18.3 Å². The van der Waals surface area contributed by atoms with Crippen LogP contribution in [0, 0.1) is 11.6 Å². The molecule has 3 aromatic rings. The summed E-state index contributed by atoms with van der Waals surface area (Å²) in [5.41, 5.74) is -0.117. The molecule has 27 heavy (non-hydrogen) atoms. The maximum atomic E-state index is 14.4. The van der Waals surface area contributed by atoms with Gasteiger partial charge in [-0.05, 0) is 36.4 Å². The molecule has 6 nitrogen and oxygen atoms in total. The molecule has 4 rings (SSSR count). The van der Waals surface area contributed by atoms with Gasteiger partial charge in [0.15, 0.2) is 17.4 Å². The van der Waals surface area contributed by atoms with Gasteiger partial charge >= 0.3 is 0 Å². The van der Waals surface area contributed by atoms with E-state index in [2.05, 4.69) is 15.3 Å². The van der Waals surface area contributed by atoms with Crippen molar-refractivity contribution in [2.45, 2.75) is 18.9 Å². The molecule has 1 aliphatic rings. The maximum Gasteiger partial charge on any atom is 0.247 e. The van der Waals surface area contributed by atoms with Gasteiger partial charge < -0.3 is 15.0 Å². The number of amides is 1. The Hall–Kier alpha value is -2.81. The number of fused-ring (bicyclic) bond motifs is 1. The molecule has 2 aromatic heterocycles. The number of benzene rings is 1. The number of methoxy groups -OCH3 is 1. The van der Waals surface area contributed by atoms with Crippen molar-refractivity contribution in [2.24, 2.45) is 0 Å². The van der Waals surface area contributed by atoms with Crippen LogP contribution in [-0.4, -0.2) is 35.6 Å². The average Bonchev–Trinajstić information content (AvgIpc) is 3.33. The van der Waals surface area contributed by atoms with Crippen LogP contribution in [-0.2, 0) is 4.79 Å². The lowest BCUT2D eigenvalue weighted by atomic mass is 10.2. The minimum atomic E-state index is -0.933. The summed E-state index contributed by atoms with van der Waals surface area (Å²) in [7, 11) is 1.17. The Morgan fingerprint density at radius 1 is 1.33 bits per heavy atom. The highest BCUT2D eigenvalue weighted by Gasteiger charge is 2.33. The third kappa shape index (κ3) is 3.08. The first kappa shape index (κ1) is 17.6. The Balaban J connectivity index is 1.61. The largest absolute Gasteiger partial charge is 0.491 e. The Bertz CT molecular complexity index is 1010. The van der Waals surface area contributed by atoms with Gasteiger partial charge in [-0.1, -0.05) is 0 Å². The molecule has 9 heteroatoms. The molecule has 1 saturated heterocycles. The first-order valence-electron chi connectivity index (χ1n) is 8.38. The third-order valence-corrected chi connectivity index (χ3v) is 5.40. The first-order valence-corrected chi connectivity index (χ1v) is 9.26. The van der Waals surface area contributed by atoms with Crippen molar-refractivity contribution in [1.29, 1.82) is 0 Å². The highest BCUT2D eigenvalue weighted by molar-refractivity contribution is 7.16. The minimum absolute atomic E-state index is 0.117. The van der Waals surface area contributed by atoms with Gasteiger partial charge in [0.2, 0.25) is 5.91 Å². The van der Waals surface area contributed by atoms with Gasteiger partial charge in [0.1, 0.15) is 23.0 Å². The van der Waals surface area contributed by atoms with E-state index in [9.17, 15) is 13.6 Å². The fourth-order valence-corrected chi connectivity index (χ4v) is 4.06. The van der Waals surface area contributed by atoms with Crippen LogP contribution in [0.15, 0.2) is 29.9 Å². The second kappa shape index (κ2) is 7.07. The Morgan fingerprint density at radius 3 is 3.00 bits per heavy atom. The zero-order valence-electron chi connectivity index (χ0n) is 14.4. The molecule has 3 heterocycles. The molecular weight excluding hydrogens is 374 g/mol. The number of nitrogens with zero attached hydrogens (tertiary/aromatic N) is 3. The highest BCUT2D eigenvalue weighted by atomic mass is 32.1. The van der Waals surface area contributed by atoms with E-state index >= 15 is 0 Å². The van der Waals surface area contributed by atoms with Crippen molar-refractivity contribution in [3.63, 3.8) is 0 Å². The molecule has 0 saturated carbocycles. The van der Waals surface area contributed by atoms with Crippen LogP contribution in [0.1, 0.15) is 12.8 Å². The van der Waals surface area contributed by atoms with Crippen molar-refractivity contribution in [3.8, 4) is 5.75 Å². The topological polar surface area (TPSA) is 67.3 Å². The van der Waals surface area contributed by atoms with E-state index in [4.69, 9.17) is 4.74 Å². The van der Waals surface area contributed by atoms with E-state index in [0.717, 1.165) is 22.7 Å². The SMILES string of the molecule is COc1c(F)ccc(NC(=O)C2CCCN2c2ncnc3sccc23)c1F. The number of halogens is 2. The summed E-state index contributed by atoms with van der Waals surface area (Å²) < 4.78 is 32.7. The molecule has 1 unspecified atom stereocenters. The zero-order valence-corrected chi connectivity index (χ0v) is 15.2. The first-order chi connectivity index (χ1) is 13.1. The zero-order chi connectivity index (χ0) is 19.0. The summed E-state index contributed by atoms with van der Waals surface area (Å²) in [5.74, 6) is -1.96. The van der Waals surface area contributed by atoms with Crippen LogP contribution in [0.25, 0.3) is 10.2 Å². The van der Waals surface area contributed by atoms with Crippen LogP contribution in [0.3, 0.4) is 0 Å². The molecule has 0 bridgehead atoms. The smallest absolute Gasteiger partial charge is 0.247 e. The number of ether oxygens (including phenoxy) is 1. The van der Waals surface area contributed by atoms with Crippen molar-refractivity contribution in [1.82, 2.24) is 9.97 Å². The summed E-state index contributed by atoms with van der Waals surface area (Å²) >= 11 is 1.50. The number of carbonyl (C=O) groups excluding carboxylic acids is 1. The van der Waals surface area contributed by atoms with Gasteiger partial charge in [-0.3, -0.25) is 4.79 Å². The number of hydrogen-bond acceptors (Lipinski definition) is 6. The Morgan fingerprint density at radius 2 is 2.19 bits per heavy atom. The maximum absolute atomic E-state index is 14.4. The molecule has 1 atom stereocenters. The van der Waals surface area contributed by atoms with E-state index in [-0.39, 0.29) is 11.6 Å². The lowest BCUT2D eigenvalue weighted by Crippen LogP contribution is -2.40. The summed E-state index contributed by atoms with van der Waals surface area (Å²) in [6, 6.07) is 3.67. The monoisotopic (exact) mass is 390 g/mol. The van der Waals surface area contributed by atoms with E-state index in [1.165, 1.54) is 30.8 Å². The number of thiophene rings is 1. The fourth-order valence-electron chi connectivity index (χ4n) is 3.33. The second-order valence-electron chi connectivity index (χ2n) is 6.12. The molecule has 1 N–H and O–H groups in total. The van der Waals surface area contributed by atoms with Crippen molar-refractivity contribution in [3.05, 3.63) is 41.5 Å². The number of aromatic nitrogens is 2. The molecule has 140 valence electrons. The van der Waals surface area contributed by atoms with Crippen molar-refractivity contribution >= 4 is 39.0 Å². The predicted octanol–water partition coefficient (Wildman–Crippen LogP) is 3.59. The standard InChI is InChI=1S/C18H16F2N4O2S/c1-26-15-11(19)4-5-12(14(15)20)23-17(25)13-3-2-7-24(13)16-10-6-8-27-18(10)22-9-21-16/h4-6,8-9,13H,2-3,7H2,1H3,(H,23,25). The Kier molecular flexibility index (Phi) is 4.61. The predicted molar refractivity (Wildman–Crippen MR) is 99.3 cm³/mol. The molecule has 1 aliphatic heterocycles. The van der Waals surface area contributed by atoms with Crippen LogP contribution >= 0.6 is 11.3 Å². The summed E-state index contributed by atoms with van der Waals surface area (Å²) in [5, 5.41) is 5.36. The molecular formula is C18H16F2N4O2S. The molecule has 0 radical (unpaired) electrons. The lowest BCUT2D eigenvalue weighted by Gasteiger charge is -2.25. The second-order valence-corrected chi connectivity index (χ2v) is 7.01. The minimum Gasteiger partial charge on any atom is -0.491 e. The lowest BCUT2D eigenvalue weighted by molar-refractivity contribution is -0.117. The Labute approximate surface area is 157 Å². The number of anilines is 2. The van der Waals surface area contributed by atoms with Crippen LogP contribution in [0.4, 0.5) is 20.3 Å². The van der Waals surface area contributed by atoms with Gasteiger partial charge in [0.25, 0.3) is 0 Å². The van der Waals surface area contributed by atoms with E-state index in [1.54, 1.807) is 0 Å². The summed E-state index contributed by atoms with van der Waals surface area (Å²) in [6.45, 7) is 0.662. The van der Waals surface area contributed by atoms with Crippen LogP contribution in [0.2, 0.25) is 0 Å². The van der Waals surface area contributed by atoms with E-state index in [1.807, 2.05) is 16.3 Å². The summed E-state index contributed by atoms with van der Waals surface area (Å²) in [4.78, 5) is 24.2. The number of nitrogens with one attached hydrogen (secondary N) is 1. The van der Waals surface area contributed by atoms with Gasteiger partial charge in [-0.25, -0.2) is 18.7 Å². The quantitative estimate of drug-likeness (QED) is 0.738. The fraction of sp³-hybridized carbons (Fsp3) is 0.278. The number of hydrogen-bond donors (Lipinski definition) is 1. The van der Waals surface area contributed by atoms with Gasteiger partial charge in [0, 0.05) is 6.54 Å². The van der Waals surface area contributed by atoms with Crippen LogP contribution in [0.5, 0.6) is 5.75 Å². The van der Waals surface area contributed by atoms with Gasteiger partial charge in [-0.2, -0.15) is 0 Å². The third-order valence-electron chi connectivity index (χ3n) is 4.58. The highest BCUT2D eigenvalue weighted by Crippen LogP contribution is 2.33. The molecule has 1 fully saturated rings. The molecule has 1 aromatic carbocycles. The summed E-state index contributed by atoms with van der Waals surface area (Å²) in [6.07, 6.45) is 2.90. The van der Waals surface area contributed by atoms with E-state index in [0.29, 0.717) is 18.8 Å². The van der Waals surface area contributed by atoms with E-state index < -0.39 is 23.4 Å². The normalized spacial score (nSPS) is 16.7. The van der Waals surface area contributed by atoms with Gasteiger partial charge in [-0.15, -0.1) is 11.3 Å². The number of rotatable bonds is 4. The molecule has 1 amide bonds. The molecule has 0 spiro atoms. The number of carbonyl (C=O) groups is 1. The average molecular weight is 390 g/mol. The van der Waals surface area contributed by atoms with Crippen LogP contribution < -0.4 is 15.0 Å². The van der Waals surface area contributed by atoms with Crippen molar-refractivity contribution in [2.75, 3.05) is 23.9 Å². The molecule has 0 aliphatic carbocycles.